The number of aromatic nitrogens is 2. The lowest BCUT2D eigenvalue weighted by Gasteiger charge is -2.20. The Morgan fingerprint density at radius 2 is 1.85 bits per heavy atom. The van der Waals surface area contributed by atoms with Crippen LogP contribution in [0.1, 0.15) is 20.8 Å². The second kappa shape index (κ2) is 3.68. The minimum Gasteiger partial charge on any atom is -0.472 e. The molecule has 72 valence electrons. The maximum Gasteiger partial charge on any atom is 0.227 e. The average Bonchev–Trinajstić information content (AvgIpc) is 1.78. The number of ether oxygens (including phenoxy) is 1. The van der Waals surface area contributed by atoms with Gasteiger partial charge in [-0.1, -0.05) is 11.6 Å². The molecule has 0 bridgehead atoms. The third-order valence-corrected chi connectivity index (χ3v) is 1.42. The number of nitrogens with zero attached hydrogens (tertiary/aromatic N) is 2. The van der Waals surface area contributed by atoms with E-state index in [1.54, 1.807) is 0 Å². The standard InChI is InChI=1S/C8H10Cl2N2O/c1-8(2,3)13-6-4-5(9)11-7(10)12-6/h4H,1-3H3. The van der Waals surface area contributed by atoms with Crippen molar-refractivity contribution in [3.05, 3.63) is 16.5 Å². The van der Waals surface area contributed by atoms with Gasteiger partial charge in [-0.05, 0) is 32.4 Å². The normalized spacial score (nSPS) is 11.5. The summed E-state index contributed by atoms with van der Waals surface area (Å²) >= 11 is 11.3. The van der Waals surface area contributed by atoms with Crippen LogP contribution in [0.25, 0.3) is 0 Å². The highest BCUT2D eigenvalue weighted by Crippen LogP contribution is 2.20. The molecule has 0 radical (unpaired) electrons. The van der Waals surface area contributed by atoms with Gasteiger partial charge < -0.3 is 4.74 Å². The van der Waals surface area contributed by atoms with Gasteiger partial charge >= 0.3 is 0 Å². The Morgan fingerprint density at radius 3 is 2.31 bits per heavy atom. The van der Waals surface area contributed by atoms with Gasteiger partial charge in [-0.25, -0.2) is 4.98 Å². The SMILES string of the molecule is CC(C)(C)Oc1cc(Cl)nc(Cl)n1. The van der Waals surface area contributed by atoms with Crippen molar-refractivity contribution in [2.45, 2.75) is 26.4 Å². The molecule has 0 saturated carbocycles. The van der Waals surface area contributed by atoms with Gasteiger partial charge in [0.2, 0.25) is 11.2 Å². The van der Waals surface area contributed by atoms with Crippen LogP contribution in [0.3, 0.4) is 0 Å². The molecule has 0 aliphatic heterocycles. The largest absolute Gasteiger partial charge is 0.472 e. The van der Waals surface area contributed by atoms with E-state index in [-0.39, 0.29) is 16.0 Å². The lowest BCUT2D eigenvalue weighted by atomic mass is 10.2. The Bertz CT molecular complexity index is 289. The molecule has 5 heteroatoms. The van der Waals surface area contributed by atoms with Gasteiger partial charge in [-0.15, -0.1) is 0 Å². The van der Waals surface area contributed by atoms with Gasteiger partial charge in [0.15, 0.2) is 0 Å². The van der Waals surface area contributed by atoms with E-state index in [2.05, 4.69) is 9.97 Å². The Morgan fingerprint density at radius 1 is 1.23 bits per heavy atom. The number of hydrogen-bond acceptors (Lipinski definition) is 3. The lowest BCUT2D eigenvalue weighted by Crippen LogP contribution is -2.23. The zero-order valence-corrected chi connectivity index (χ0v) is 9.15. The first kappa shape index (κ1) is 10.5. The quantitative estimate of drug-likeness (QED) is 0.540. The highest BCUT2D eigenvalue weighted by Gasteiger charge is 2.13. The molecule has 1 aromatic heterocycles. The summed E-state index contributed by atoms with van der Waals surface area (Å²) in [4.78, 5) is 7.57. The van der Waals surface area contributed by atoms with E-state index in [1.165, 1.54) is 6.07 Å². The van der Waals surface area contributed by atoms with Crippen LogP contribution in [0.2, 0.25) is 10.4 Å². The minimum absolute atomic E-state index is 0.0896. The first-order valence-electron chi connectivity index (χ1n) is 3.76. The molecule has 0 fully saturated rings. The summed E-state index contributed by atoms with van der Waals surface area (Å²) in [6, 6.07) is 1.53. The molecule has 0 amide bonds. The monoisotopic (exact) mass is 220 g/mol. The van der Waals surface area contributed by atoms with Crippen LogP contribution in [0, 0.1) is 0 Å². The summed E-state index contributed by atoms with van der Waals surface area (Å²) in [7, 11) is 0. The zero-order valence-electron chi connectivity index (χ0n) is 7.64. The maximum atomic E-state index is 5.66. The molecule has 0 spiro atoms. The molecule has 0 aliphatic carbocycles. The molecule has 0 atom stereocenters. The smallest absolute Gasteiger partial charge is 0.227 e. The van der Waals surface area contributed by atoms with Crippen molar-refractivity contribution in [3.8, 4) is 5.88 Å². The molecule has 0 aliphatic rings. The van der Waals surface area contributed by atoms with E-state index < -0.39 is 0 Å². The molecular formula is C8H10Cl2N2O. The van der Waals surface area contributed by atoms with E-state index >= 15 is 0 Å². The topological polar surface area (TPSA) is 35.0 Å². The van der Waals surface area contributed by atoms with Crippen LogP contribution in [-0.4, -0.2) is 15.6 Å². The van der Waals surface area contributed by atoms with Gasteiger partial charge in [0.05, 0.1) is 0 Å². The van der Waals surface area contributed by atoms with Crippen LogP contribution in [0.5, 0.6) is 5.88 Å². The zero-order chi connectivity index (χ0) is 10.1. The highest BCUT2D eigenvalue weighted by atomic mass is 35.5. The molecule has 1 heterocycles. The molecule has 0 N–H and O–H groups in total. The molecule has 0 aromatic carbocycles. The van der Waals surface area contributed by atoms with E-state index in [0.29, 0.717) is 5.88 Å². The molecule has 0 saturated heterocycles. The number of rotatable bonds is 1. The molecule has 13 heavy (non-hydrogen) atoms. The summed E-state index contributed by atoms with van der Waals surface area (Å²) in [6.07, 6.45) is 0. The third-order valence-electron chi connectivity index (χ3n) is 1.05. The molecule has 1 aromatic rings. The molecule has 1 rings (SSSR count). The summed E-state index contributed by atoms with van der Waals surface area (Å²) in [5.74, 6) is 0.387. The van der Waals surface area contributed by atoms with Crippen LogP contribution in [-0.2, 0) is 0 Å². The maximum absolute atomic E-state index is 5.66. The van der Waals surface area contributed by atoms with Gasteiger partial charge in [-0.3, -0.25) is 0 Å². The van der Waals surface area contributed by atoms with Crippen molar-refractivity contribution in [1.82, 2.24) is 9.97 Å². The fourth-order valence-electron chi connectivity index (χ4n) is 0.736. The summed E-state index contributed by atoms with van der Waals surface area (Å²) in [5, 5.41) is 0.367. The summed E-state index contributed by atoms with van der Waals surface area (Å²) in [5.41, 5.74) is -0.318. The van der Waals surface area contributed by atoms with Crippen LogP contribution in [0.4, 0.5) is 0 Å². The van der Waals surface area contributed by atoms with E-state index in [0.717, 1.165) is 0 Å². The van der Waals surface area contributed by atoms with E-state index in [4.69, 9.17) is 27.9 Å². The molecular weight excluding hydrogens is 211 g/mol. The highest BCUT2D eigenvalue weighted by molar-refractivity contribution is 6.31. The van der Waals surface area contributed by atoms with Crippen molar-refractivity contribution in [2.75, 3.05) is 0 Å². The number of halogens is 2. The van der Waals surface area contributed by atoms with Crippen molar-refractivity contribution >= 4 is 23.2 Å². The van der Waals surface area contributed by atoms with Crippen molar-refractivity contribution in [3.63, 3.8) is 0 Å². The van der Waals surface area contributed by atoms with Crippen LogP contribution < -0.4 is 4.74 Å². The third kappa shape index (κ3) is 3.79. The second-order valence-corrected chi connectivity index (χ2v) is 4.24. The molecule has 0 unspecified atom stereocenters. The second-order valence-electron chi connectivity index (χ2n) is 3.51. The van der Waals surface area contributed by atoms with Gasteiger partial charge in [0, 0.05) is 6.07 Å². The van der Waals surface area contributed by atoms with Crippen molar-refractivity contribution in [1.29, 1.82) is 0 Å². The lowest BCUT2D eigenvalue weighted by molar-refractivity contribution is 0.124. The van der Waals surface area contributed by atoms with Crippen LogP contribution >= 0.6 is 23.2 Å². The Balaban J connectivity index is 2.90. The average molecular weight is 221 g/mol. The number of hydrogen-bond donors (Lipinski definition) is 0. The fraction of sp³-hybridized carbons (Fsp3) is 0.500. The van der Waals surface area contributed by atoms with Crippen molar-refractivity contribution in [2.24, 2.45) is 0 Å². The first-order valence-corrected chi connectivity index (χ1v) is 4.51. The van der Waals surface area contributed by atoms with E-state index in [1.807, 2.05) is 20.8 Å². The predicted molar refractivity (Wildman–Crippen MR) is 52.4 cm³/mol. The van der Waals surface area contributed by atoms with Crippen LogP contribution in [0.15, 0.2) is 6.07 Å². The summed E-state index contributed by atoms with van der Waals surface area (Å²) < 4.78 is 5.44. The fourth-order valence-corrected chi connectivity index (χ4v) is 1.13. The van der Waals surface area contributed by atoms with E-state index in [9.17, 15) is 0 Å². The first-order chi connectivity index (χ1) is 5.87. The Kier molecular flexibility index (Phi) is 2.98. The van der Waals surface area contributed by atoms with Gasteiger partial charge in [0.1, 0.15) is 10.8 Å². The van der Waals surface area contributed by atoms with Crippen molar-refractivity contribution < 1.29 is 4.74 Å². The summed E-state index contributed by atoms with van der Waals surface area (Å²) in [6.45, 7) is 5.74. The molecule has 3 nitrogen and oxygen atoms in total. The van der Waals surface area contributed by atoms with Gasteiger partial charge in [-0.2, -0.15) is 4.98 Å². The Hall–Kier alpha value is -0.540. The van der Waals surface area contributed by atoms with Gasteiger partial charge in [0.25, 0.3) is 0 Å². The predicted octanol–water partition coefficient (Wildman–Crippen LogP) is 2.96. The Labute approximate surface area is 87.1 Å². The minimum atomic E-state index is -0.318.